The molecule has 0 spiro atoms. The van der Waals surface area contributed by atoms with Crippen LogP contribution in [0, 0.1) is 13.8 Å². The largest absolute Gasteiger partial charge is 0.399 e. The molecule has 0 saturated carbocycles. The molecule has 1 aromatic carbocycles. The first-order chi connectivity index (χ1) is 8.06. The van der Waals surface area contributed by atoms with E-state index in [0.717, 1.165) is 5.56 Å². The number of nitrogen functional groups attached to an aromatic ring is 1. The second kappa shape index (κ2) is 4.25. The molecule has 1 amide bonds. The summed E-state index contributed by atoms with van der Waals surface area (Å²) in [6, 6.07) is 5.14. The first kappa shape index (κ1) is 11.1. The average Bonchev–Trinajstić information content (AvgIpc) is 2.63. The van der Waals surface area contributed by atoms with Crippen LogP contribution in [0.1, 0.15) is 21.7 Å². The third-order valence-corrected chi connectivity index (χ3v) is 2.24. The Hall–Kier alpha value is -2.37. The van der Waals surface area contributed by atoms with Gasteiger partial charge in [0.05, 0.1) is 0 Å². The van der Waals surface area contributed by atoms with E-state index in [-0.39, 0.29) is 11.9 Å². The number of benzene rings is 1. The topological polar surface area (TPSA) is 94.0 Å². The van der Waals surface area contributed by atoms with Gasteiger partial charge in [-0.1, -0.05) is 5.16 Å². The van der Waals surface area contributed by atoms with Crippen molar-refractivity contribution in [1.82, 2.24) is 10.1 Å². The first-order valence-corrected chi connectivity index (χ1v) is 5.04. The Balaban J connectivity index is 2.20. The molecule has 0 bridgehead atoms. The molecule has 2 aromatic rings. The van der Waals surface area contributed by atoms with Crippen molar-refractivity contribution in [3.63, 3.8) is 0 Å². The minimum Gasteiger partial charge on any atom is -0.399 e. The SMILES string of the molecule is Cc1noc(NC(=O)c2ccc(N)cc2C)n1. The van der Waals surface area contributed by atoms with Gasteiger partial charge in [-0.25, -0.2) is 0 Å². The van der Waals surface area contributed by atoms with E-state index in [1.165, 1.54) is 0 Å². The molecular formula is C11H12N4O2. The number of nitrogens with zero attached hydrogens (tertiary/aromatic N) is 2. The Morgan fingerprint density at radius 2 is 2.18 bits per heavy atom. The maximum atomic E-state index is 11.9. The smallest absolute Gasteiger partial charge is 0.328 e. The van der Waals surface area contributed by atoms with Gasteiger partial charge < -0.3 is 10.3 Å². The lowest BCUT2D eigenvalue weighted by atomic mass is 10.1. The third-order valence-electron chi connectivity index (χ3n) is 2.24. The van der Waals surface area contributed by atoms with Gasteiger partial charge in [-0.2, -0.15) is 4.98 Å². The Kier molecular flexibility index (Phi) is 2.78. The lowest BCUT2D eigenvalue weighted by Crippen LogP contribution is -2.13. The summed E-state index contributed by atoms with van der Waals surface area (Å²) in [7, 11) is 0. The molecule has 0 unspecified atom stereocenters. The number of anilines is 2. The molecule has 0 aliphatic heterocycles. The van der Waals surface area contributed by atoms with E-state index in [4.69, 9.17) is 10.3 Å². The number of aryl methyl sites for hydroxylation is 2. The van der Waals surface area contributed by atoms with Crippen LogP contribution in [0.25, 0.3) is 0 Å². The quantitative estimate of drug-likeness (QED) is 0.765. The summed E-state index contributed by atoms with van der Waals surface area (Å²) in [6.07, 6.45) is 0. The van der Waals surface area contributed by atoms with Crippen molar-refractivity contribution in [2.75, 3.05) is 11.1 Å². The predicted octanol–water partition coefficient (Wildman–Crippen LogP) is 1.52. The highest BCUT2D eigenvalue weighted by Gasteiger charge is 2.12. The van der Waals surface area contributed by atoms with E-state index < -0.39 is 0 Å². The van der Waals surface area contributed by atoms with Crippen molar-refractivity contribution >= 4 is 17.6 Å². The number of nitrogens with one attached hydrogen (secondary N) is 1. The van der Waals surface area contributed by atoms with Crippen molar-refractivity contribution < 1.29 is 9.32 Å². The van der Waals surface area contributed by atoms with Crippen molar-refractivity contribution in [3.8, 4) is 0 Å². The molecule has 6 nitrogen and oxygen atoms in total. The van der Waals surface area contributed by atoms with Crippen molar-refractivity contribution in [3.05, 3.63) is 35.2 Å². The third kappa shape index (κ3) is 2.41. The minimum absolute atomic E-state index is 0.0868. The Morgan fingerprint density at radius 1 is 1.41 bits per heavy atom. The molecule has 6 heteroatoms. The number of aromatic nitrogens is 2. The molecular weight excluding hydrogens is 220 g/mol. The van der Waals surface area contributed by atoms with Crippen LogP contribution in [0.15, 0.2) is 22.7 Å². The van der Waals surface area contributed by atoms with Gasteiger partial charge in [0, 0.05) is 11.3 Å². The molecule has 0 aliphatic rings. The summed E-state index contributed by atoms with van der Waals surface area (Å²) < 4.78 is 4.80. The number of carbonyl (C=O) groups excluding carboxylic acids is 1. The van der Waals surface area contributed by atoms with E-state index in [1.54, 1.807) is 25.1 Å². The number of hydrogen-bond acceptors (Lipinski definition) is 5. The zero-order valence-electron chi connectivity index (χ0n) is 9.52. The van der Waals surface area contributed by atoms with Crippen molar-refractivity contribution in [1.29, 1.82) is 0 Å². The summed E-state index contributed by atoms with van der Waals surface area (Å²) in [4.78, 5) is 15.8. The monoisotopic (exact) mass is 232 g/mol. The first-order valence-electron chi connectivity index (χ1n) is 5.04. The van der Waals surface area contributed by atoms with Crippen LogP contribution in [0.4, 0.5) is 11.7 Å². The van der Waals surface area contributed by atoms with Crippen LogP contribution >= 0.6 is 0 Å². The molecule has 17 heavy (non-hydrogen) atoms. The Labute approximate surface area is 97.8 Å². The molecule has 2 rings (SSSR count). The second-order valence-corrected chi connectivity index (χ2v) is 3.68. The van der Waals surface area contributed by atoms with E-state index >= 15 is 0 Å². The van der Waals surface area contributed by atoms with Crippen LogP contribution in [0.2, 0.25) is 0 Å². The lowest BCUT2D eigenvalue weighted by Gasteiger charge is -2.05. The fraction of sp³-hybridized carbons (Fsp3) is 0.182. The van der Waals surface area contributed by atoms with E-state index in [9.17, 15) is 4.79 Å². The van der Waals surface area contributed by atoms with Crippen molar-refractivity contribution in [2.45, 2.75) is 13.8 Å². The van der Waals surface area contributed by atoms with Gasteiger partial charge in [0.25, 0.3) is 5.91 Å². The summed E-state index contributed by atoms with van der Waals surface area (Å²) >= 11 is 0. The Morgan fingerprint density at radius 3 is 2.76 bits per heavy atom. The fourth-order valence-electron chi connectivity index (χ4n) is 1.45. The molecule has 0 fully saturated rings. The van der Waals surface area contributed by atoms with Crippen LogP contribution in [-0.4, -0.2) is 16.0 Å². The lowest BCUT2D eigenvalue weighted by molar-refractivity contribution is 0.102. The second-order valence-electron chi connectivity index (χ2n) is 3.68. The average molecular weight is 232 g/mol. The molecule has 0 saturated heterocycles. The van der Waals surface area contributed by atoms with Gasteiger partial charge in [-0.15, -0.1) is 0 Å². The highest BCUT2D eigenvalue weighted by Crippen LogP contribution is 2.14. The van der Waals surface area contributed by atoms with Gasteiger partial charge in [-0.05, 0) is 37.6 Å². The number of nitrogens with two attached hydrogens (primary N) is 1. The molecule has 1 aromatic heterocycles. The maximum absolute atomic E-state index is 11.9. The van der Waals surface area contributed by atoms with E-state index in [0.29, 0.717) is 17.1 Å². The van der Waals surface area contributed by atoms with E-state index in [2.05, 4.69) is 15.5 Å². The molecule has 88 valence electrons. The van der Waals surface area contributed by atoms with Gasteiger partial charge >= 0.3 is 6.01 Å². The summed E-state index contributed by atoms with van der Waals surface area (Å²) in [5.41, 5.74) is 7.54. The molecule has 0 aliphatic carbocycles. The molecule has 1 heterocycles. The van der Waals surface area contributed by atoms with Gasteiger partial charge in [0.1, 0.15) is 0 Å². The fourth-order valence-corrected chi connectivity index (χ4v) is 1.45. The summed E-state index contributed by atoms with van der Waals surface area (Å²) in [5, 5.41) is 6.10. The normalized spacial score (nSPS) is 10.2. The zero-order chi connectivity index (χ0) is 12.4. The van der Waals surface area contributed by atoms with Crippen LogP contribution < -0.4 is 11.1 Å². The molecule has 3 N–H and O–H groups in total. The summed E-state index contributed by atoms with van der Waals surface area (Å²) in [6.45, 7) is 3.48. The number of carbonyl (C=O) groups is 1. The minimum atomic E-state index is -0.300. The number of rotatable bonds is 2. The number of hydrogen-bond donors (Lipinski definition) is 2. The van der Waals surface area contributed by atoms with Gasteiger partial charge in [0.2, 0.25) is 0 Å². The maximum Gasteiger partial charge on any atom is 0.328 e. The zero-order valence-corrected chi connectivity index (χ0v) is 9.52. The molecule has 0 atom stereocenters. The van der Waals surface area contributed by atoms with Crippen LogP contribution in [0.3, 0.4) is 0 Å². The van der Waals surface area contributed by atoms with Crippen LogP contribution in [-0.2, 0) is 0 Å². The van der Waals surface area contributed by atoms with Crippen LogP contribution in [0.5, 0.6) is 0 Å². The van der Waals surface area contributed by atoms with E-state index in [1.807, 2.05) is 6.92 Å². The standard InChI is InChI=1S/C11H12N4O2/c1-6-5-8(12)3-4-9(6)10(16)14-11-13-7(2)15-17-11/h3-5H,12H2,1-2H3,(H,13,14,15,16). The number of amides is 1. The van der Waals surface area contributed by atoms with Gasteiger partial charge in [0.15, 0.2) is 5.82 Å². The molecule has 0 radical (unpaired) electrons. The predicted molar refractivity (Wildman–Crippen MR) is 62.6 cm³/mol. The highest BCUT2D eigenvalue weighted by molar-refractivity contribution is 6.04. The summed E-state index contributed by atoms with van der Waals surface area (Å²) in [5.74, 6) is 0.167. The van der Waals surface area contributed by atoms with Gasteiger partial charge in [-0.3, -0.25) is 10.1 Å². The van der Waals surface area contributed by atoms with Crippen molar-refractivity contribution in [2.24, 2.45) is 0 Å². The highest BCUT2D eigenvalue weighted by atomic mass is 16.5. The Bertz CT molecular complexity index is 562.